The van der Waals surface area contributed by atoms with Crippen molar-refractivity contribution in [3.63, 3.8) is 0 Å². The maximum absolute atomic E-state index is 12.3. The average Bonchev–Trinajstić information content (AvgIpc) is 3.32. The number of carbonyl (C=O) groups excluding carboxylic acids is 2. The first kappa shape index (κ1) is 63.1. The molecule has 0 amide bonds. The van der Waals surface area contributed by atoms with E-state index in [1.54, 1.807) is 0 Å². The standard InChI is InChI=1S/C61H106O5/c1-3-5-7-9-11-13-15-17-19-21-23-25-27-29-30-32-34-36-38-40-42-44-46-48-50-52-54-56-61(64)66-59(57-62)58-65-60(63)55-53-51-49-47-45-43-41-39-37-35-33-31-28-26-24-22-20-18-16-14-12-10-8-6-4-2/h5,7,11,13,16-19,22-25,29-30,59,62H,3-4,6,8-10,12,14-15,20-21,26-28,31-58H2,1-2H3/b7-5-,13-11-,18-16-,19-17-,24-22-,25-23-,30-29-. The highest BCUT2D eigenvalue weighted by Crippen LogP contribution is 2.16. The minimum atomic E-state index is -0.779. The lowest BCUT2D eigenvalue weighted by Crippen LogP contribution is -2.28. The van der Waals surface area contributed by atoms with Gasteiger partial charge in [0.2, 0.25) is 0 Å². The number of carbonyl (C=O) groups is 2. The fourth-order valence-electron chi connectivity index (χ4n) is 7.97. The van der Waals surface area contributed by atoms with Gasteiger partial charge in [0.25, 0.3) is 0 Å². The van der Waals surface area contributed by atoms with E-state index in [1.165, 1.54) is 167 Å². The predicted molar refractivity (Wildman–Crippen MR) is 288 cm³/mol. The van der Waals surface area contributed by atoms with Crippen molar-refractivity contribution >= 4 is 11.9 Å². The summed E-state index contributed by atoms with van der Waals surface area (Å²) in [4.78, 5) is 24.5. The van der Waals surface area contributed by atoms with Crippen LogP contribution in [0.4, 0.5) is 0 Å². The summed E-state index contributed by atoms with van der Waals surface area (Å²) in [7, 11) is 0. The molecule has 5 nitrogen and oxygen atoms in total. The Morgan fingerprint density at radius 3 is 0.985 bits per heavy atom. The Bertz CT molecular complexity index is 1220. The van der Waals surface area contributed by atoms with Crippen molar-refractivity contribution in [2.75, 3.05) is 13.2 Å². The van der Waals surface area contributed by atoms with E-state index in [2.05, 4.69) is 98.9 Å². The zero-order valence-electron chi connectivity index (χ0n) is 43.4. The van der Waals surface area contributed by atoms with Gasteiger partial charge in [0.15, 0.2) is 6.10 Å². The number of allylic oxidation sites excluding steroid dienone is 14. The van der Waals surface area contributed by atoms with E-state index < -0.39 is 6.10 Å². The third-order valence-corrected chi connectivity index (χ3v) is 12.2. The molecule has 0 aromatic heterocycles. The van der Waals surface area contributed by atoms with Gasteiger partial charge < -0.3 is 14.6 Å². The van der Waals surface area contributed by atoms with Crippen LogP contribution in [-0.2, 0) is 19.1 Å². The number of unbranched alkanes of at least 4 members (excludes halogenated alkanes) is 29. The SMILES string of the molecule is CC/C=C\C/C=C\C/C=C\C/C=C\C/C=C\CCCCCCCCCCCCCC(=O)OC(CO)COC(=O)CCCCCCCCCCCCCCC/C=C\C/C=C\CCCCCCC. The fourth-order valence-corrected chi connectivity index (χ4v) is 7.97. The molecule has 1 unspecified atom stereocenters. The highest BCUT2D eigenvalue weighted by atomic mass is 16.6. The van der Waals surface area contributed by atoms with Crippen LogP contribution in [0.3, 0.4) is 0 Å². The van der Waals surface area contributed by atoms with Gasteiger partial charge in [-0.15, -0.1) is 0 Å². The Morgan fingerprint density at radius 2 is 0.652 bits per heavy atom. The van der Waals surface area contributed by atoms with E-state index in [0.717, 1.165) is 77.0 Å². The molecule has 0 radical (unpaired) electrons. The second-order valence-corrected chi connectivity index (χ2v) is 18.6. The first-order valence-corrected chi connectivity index (χ1v) is 28.1. The Morgan fingerprint density at radius 1 is 0.364 bits per heavy atom. The first-order chi connectivity index (χ1) is 32.6. The van der Waals surface area contributed by atoms with Crippen molar-refractivity contribution in [1.82, 2.24) is 0 Å². The minimum absolute atomic E-state index is 0.0693. The van der Waals surface area contributed by atoms with Gasteiger partial charge in [-0.05, 0) is 89.9 Å². The Kier molecular flexibility index (Phi) is 53.9. The number of ether oxygens (including phenoxy) is 2. The molecule has 0 aliphatic heterocycles. The topological polar surface area (TPSA) is 72.8 Å². The Labute approximate surface area is 409 Å². The van der Waals surface area contributed by atoms with Crippen molar-refractivity contribution in [3.8, 4) is 0 Å². The Balaban J connectivity index is 3.50. The molecule has 0 spiro atoms. The molecule has 0 aliphatic rings. The number of hydrogen-bond acceptors (Lipinski definition) is 5. The van der Waals surface area contributed by atoms with Gasteiger partial charge in [0, 0.05) is 12.8 Å². The minimum Gasteiger partial charge on any atom is -0.462 e. The average molecular weight is 920 g/mol. The fraction of sp³-hybridized carbons (Fsp3) is 0.738. The third-order valence-electron chi connectivity index (χ3n) is 12.2. The summed E-state index contributed by atoms with van der Waals surface area (Å²) < 4.78 is 10.7. The zero-order valence-corrected chi connectivity index (χ0v) is 43.4. The summed E-state index contributed by atoms with van der Waals surface area (Å²) in [6.07, 6.45) is 78.3. The molecule has 0 fully saturated rings. The van der Waals surface area contributed by atoms with E-state index in [-0.39, 0.29) is 25.2 Å². The van der Waals surface area contributed by atoms with Crippen LogP contribution in [0.15, 0.2) is 85.1 Å². The normalized spacial score (nSPS) is 12.8. The van der Waals surface area contributed by atoms with Gasteiger partial charge >= 0.3 is 11.9 Å². The lowest BCUT2D eigenvalue weighted by molar-refractivity contribution is -0.161. The quantitative estimate of drug-likeness (QED) is 0.0374. The number of aliphatic hydroxyl groups excluding tert-OH is 1. The molecule has 0 saturated heterocycles. The van der Waals surface area contributed by atoms with Crippen molar-refractivity contribution in [2.24, 2.45) is 0 Å². The Hall–Kier alpha value is -2.92. The monoisotopic (exact) mass is 919 g/mol. The van der Waals surface area contributed by atoms with Crippen LogP contribution >= 0.6 is 0 Å². The number of hydrogen-bond donors (Lipinski definition) is 1. The maximum atomic E-state index is 12.3. The molecule has 380 valence electrons. The highest BCUT2D eigenvalue weighted by molar-refractivity contribution is 5.70. The third kappa shape index (κ3) is 53.7. The molecule has 0 bridgehead atoms. The smallest absolute Gasteiger partial charge is 0.306 e. The molecular weight excluding hydrogens is 813 g/mol. The number of aliphatic hydroxyl groups is 1. The summed E-state index contributed by atoms with van der Waals surface area (Å²) in [5, 5.41) is 9.66. The first-order valence-electron chi connectivity index (χ1n) is 28.1. The lowest BCUT2D eigenvalue weighted by Gasteiger charge is -2.15. The molecule has 66 heavy (non-hydrogen) atoms. The number of rotatable bonds is 51. The molecule has 0 aliphatic carbocycles. The van der Waals surface area contributed by atoms with Crippen molar-refractivity contribution in [3.05, 3.63) is 85.1 Å². The summed E-state index contributed by atoms with van der Waals surface area (Å²) in [5.41, 5.74) is 0. The van der Waals surface area contributed by atoms with Gasteiger partial charge in [0.1, 0.15) is 6.61 Å². The van der Waals surface area contributed by atoms with Crippen LogP contribution in [-0.4, -0.2) is 36.4 Å². The summed E-state index contributed by atoms with van der Waals surface area (Å²) in [6, 6.07) is 0. The van der Waals surface area contributed by atoms with Gasteiger partial charge in [-0.1, -0.05) is 253 Å². The second-order valence-electron chi connectivity index (χ2n) is 18.6. The van der Waals surface area contributed by atoms with E-state index in [0.29, 0.717) is 12.8 Å². The molecule has 0 rings (SSSR count). The van der Waals surface area contributed by atoms with Crippen molar-refractivity contribution in [2.45, 2.75) is 277 Å². The largest absolute Gasteiger partial charge is 0.462 e. The molecular formula is C61H106O5. The van der Waals surface area contributed by atoms with Gasteiger partial charge in [0.05, 0.1) is 6.61 Å². The van der Waals surface area contributed by atoms with Gasteiger partial charge in [-0.3, -0.25) is 9.59 Å². The highest BCUT2D eigenvalue weighted by Gasteiger charge is 2.16. The molecule has 5 heteroatoms. The molecule has 0 aromatic carbocycles. The van der Waals surface area contributed by atoms with Crippen LogP contribution in [0.5, 0.6) is 0 Å². The van der Waals surface area contributed by atoms with E-state index in [1.807, 2.05) is 0 Å². The van der Waals surface area contributed by atoms with Gasteiger partial charge in [-0.25, -0.2) is 0 Å². The van der Waals surface area contributed by atoms with Crippen LogP contribution in [0, 0.1) is 0 Å². The lowest BCUT2D eigenvalue weighted by atomic mass is 10.0. The second kappa shape index (κ2) is 56.4. The molecule has 0 heterocycles. The predicted octanol–water partition coefficient (Wildman–Crippen LogP) is 19.0. The van der Waals surface area contributed by atoms with E-state index in [4.69, 9.17) is 9.47 Å². The van der Waals surface area contributed by atoms with Crippen LogP contribution in [0.1, 0.15) is 271 Å². The molecule has 0 saturated carbocycles. The van der Waals surface area contributed by atoms with E-state index >= 15 is 0 Å². The molecule has 1 atom stereocenters. The van der Waals surface area contributed by atoms with Crippen LogP contribution < -0.4 is 0 Å². The molecule has 0 aromatic rings. The molecule has 1 N–H and O–H groups in total. The maximum Gasteiger partial charge on any atom is 0.306 e. The summed E-state index contributed by atoms with van der Waals surface area (Å²) >= 11 is 0. The van der Waals surface area contributed by atoms with Crippen LogP contribution in [0.2, 0.25) is 0 Å². The van der Waals surface area contributed by atoms with Crippen molar-refractivity contribution in [1.29, 1.82) is 0 Å². The van der Waals surface area contributed by atoms with Crippen molar-refractivity contribution < 1.29 is 24.2 Å². The van der Waals surface area contributed by atoms with Gasteiger partial charge in [-0.2, -0.15) is 0 Å². The summed E-state index contributed by atoms with van der Waals surface area (Å²) in [5.74, 6) is -0.590. The zero-order chi connectivity index (χ0) is 47.7. The van der Waals surface area contributed by atoms with E-state index in [9.17, 15) is 14.7 Å². The summed E-state index contributed by atoms with van der Waals surface area (Å²) in [6.45, 7) is 4.03. The van der Waals surface area contributed by atoms with Crippen LogP contribution in [0.25, 0.3) is 0 Å². The number of esters is 2.